The average Bonchev–Trinajstić information content (AvgIpc) is 2.80. The summed E-state index contributed by atoms with van der Waals surface area (Å²) in [5, 5.41) is 3.08. The number of alkyl carbamates (subject to hydrolysis) is 1. The molecule has 0 aromatic heterocycles. The van der Waals surface area contributed by atoms with E-state index in [1.165, 1.54) is 11.1 Å². The van der Waals surface area contributed by atoms with Crippen molar-refractivity contribution < 1.29 is 9.53 Å². The molecule has 3 aromatic carbocycles. The first-order chi connectivity index (χ1) is 15.2. The second kappa shape index (κ2) is 10.3. The van der Waals surface area contributed by atoms with Crippen LogP contribution in [0.3, 0.4) is 0 Å². The molecule has 0 aliphatic carbocycles. The molecule has 160 valence electrons. The van der Waals surface area contributed by atoms with Crippen molar-refractivity contribution in [1.29, 1.82) is 0 Å². The number of rotatable bonds is 6. The Bertz CT molecular complexity index is 927. The van der Waals surface area contributed by atoms with Gasteiger partial charge < -0.3 is 10.1 Å². The van der Waals surface area contributed by atoms with Gasteiger partial charge in [-0.25, -0.2) is 4.79 Å². The Balaban J connectivity index is 1.32. The molecule has 1 amide bonds. The van der Waals surface area contributed by atoms with Crippen LogP contribution in [0.25, 0.3) is 0 Å². The average molecular weight is 415 g/mol. The highest BCUT2D eigenvalue weighted by atomic mass is 16.6. The maximum atomic E-state index is 12.7. The Morgan fingerprint density at radius 2 is 1.55 bits per heavy atom. The van der Waals surface area contributed by atoms with Gasteiger partial charge in [0.1, 0.15) is 6.10 Å². The molecule has 1 fully saturated rings. The van der Waals surface area contributed by atoms with Crippen LogP contribution in [0.2, 0.25) is 0 Å². The fraction of sp³-hybridized carbons (Fsp3) is 0.296. The van der Waals surface area contributed by atoms with Gasteiger partial charge >= 0.3 is 6.09 Å². The molecule has 4 rings (SSSR count). The first-order valence-electron chi connectivity index (χ1n) is 11.0. The third-order valence-corrected chi connectivity index (χ3v) is 5.82. The minimum atomic E-state index is -0.352. The fourth-order valence-electron chi connectivity index (χ4n) is 4.21. The highest BCUT2D eigenvalue weighted by Gasteiger charge is 2.24. The van der Waals surface area contributed by atoms with Crippen LogP contribution in [-0.2, 0) is 11.3 Å². The van der Waals surface area contributed by atoms with Gasteiger partial charge in [0.25, 0.3) is 0 Å². The number of hydrogen-bond acceptors (Lipinski definition) is 3. The Hall–Kier alpha value is -3.11. The molecule has 1 aliphatic heterocycles. The van der Waals surface area contributed by atoms with E-state index in [9.17, 15) is 4.79 Å². The third kappa shape index (κ3) is 5.96. The minimum absolute atomic E-state index is 0.0408. The van der Waals surface area contributed by atoms with E-state index < -0.39 is 0 Å². The zero-order chi connectivity index (χ0) is 21.5. The molecule has 4 nitrogen and oxygen atoms in total. The number of carbonyl (C=O) groups is 1. The highest BCUT2D eigenvalue weighted by Crippen LogP contribution is 2.23. The van der Waals surface area contributed by atoms with Crippen molar-refractivity contribution in [2.75, 3.05) is 13.1 Å². The van der Waals surface area contributed by atoms with Gasteiger partial charge in [-0.2, -0.15) is 0 Å². The van der Waals surface area contributed by atoms with Gasteiger partial charge in [-0.1, -0.05) is 90.5 Å². The molecule has 0 unspecified atom stereocenters. The second-order valence-corrected chi connectivity index (χ2v) is 8.27. The summed E-state index contributed by atoms with van der Waals surface area (Å²) < 4.78 is 5.81. The largest absolute Gasteiger partial charge is 0.446 e. The highest BCUT2D eigenvalue weighted by molar-refractivity contribution is 5.69. The monoisotopic (exact) mass is 414 g/mol. The minimum Gasteiger partial charge on any atom is -0.446 e. The molecule has 4 heteroatoms. The Morgan fingerprint density at radius 1 is 0.935 bits per heavy atom. The molecule has 1 heterocycles. The number of benzene rings is 3. The van der Waals surface area contributed by atoms with Gasteiger partial charge in [0.15, 0.2) is 0 Å². The number of amides is 1. The molecule has 3 aromatic rings. The quantitative estimate of drug-likeness (QED) is 0.581. The van der Waals surface area contributed by atoms with Crippen LogP contribution < -0.4 is 5.32 Å². The lowest BCUT2D eigenvalue weighted by Crippen LogP contribution is -2.40. The van der Waals surface area contributed by atoms with Crippen LogP contribution in [0.4, 0.5) is 4.79 Å². The van der Waals surface area contributed by atoms with E-state index in [4.69, 9.17) is 4.74 Å². The number of hydrogen-bond donors (Lipinski definition) is 1. The van der Waals surface area contributed by atoms with Crippen LogP contribution in [0.5, 0.6) is 0 Å². The SMILES string of the molecule is Cc1cccc(CN2CCC(OC(=O)NC(c3ccccc3)c3ccccc3)CC2)c1. The van der Waals surface area contributed by atoms with Gasteiger partial charge in [0.2, 0.25) is 0 Å². The van der Waals surface area contributed by atoms with E-state index in [0.717, 1.165) is 43.6 Å². The number of piperidine rings is 1. The molecule has 0 atom stereocenters. The summed E-state index contributed by atoms with van der Waals surface area (Å²) in [6, 6.07) is 28.5. The molecular formula is C27H30N2O2. The zero-order valence-electron chi connectivity index (χ0n) is 18.0. The van der Waals surface area contributed by atoms with Crippen molar-refractivity contribution in [2.45, 2.75) is 38.5 Å². The van der Waals surface area contributed by atoms with Gasteiger partial charge in [0, 0.05) is 19.6 Å². The van der Waals surface area contributed by atoms with Crippen LogP contribution in [0.15, 0.2) is 84.9 Å². The molecule has 1 N–H and O–H groups in total. The molecule has 0 bridgehead atoms. The normalized spacial score (nSPS) is 15.0. The van der Waals surface area contributed by atoms with E-state index in [2.05, 4.69) is 41.4 Å². The summed E-state index contributed by atoms with van der Waals surface area (Å²) in [5.74, 6) is 0. The van der Waals surface area contributed by atoms with E-state index in [0.29, 0.717) is 0 Å². The maximum Gasteiger partial charge on any atom is 0.408 e. The fourth-order valence-corrected chi connectivity index (χ4v) is 4.21. The lowest BCUT2D eigenvalue weighted by Gasteiger charge is -2.32. The maximum absolute atomic E-state index is 12.7. The number of carbonyl (C=O) groups excluding carboxylic acids is 1. The molecule has 1 aliphatic rings. The summed E-state index contributed by atoms with van der Waals surface area (Å²) in [6.07, 6.45) is 1.33. The van der Waals surface area contributed by atoms with Crippen molar-refractivity contribution in [3.05, 3.63) is 107 Å². The topological polar surface area (TPSA) is 41.6 Å². The molecule has 0 radical (unpaired) electrons. The Morgan fingerprint density at radius 3 is 2.13 bits per heavy atom. The third-order valence-electron chi connectivity index (χ3n) is 5.82. The number of nitrogens with zero attached hydrogens (tertiary/aromatic N) is 1. The van der Waals surface area contributed by atoms with Gasteiger partial charge in [0.05, 0.1) is 6.04 Å². The summed E-state index contributed by atoms with van der Waals surface area (Å²) >= 11 is 0. The predicted molar refractivity (Wildman–Crippen MR) is 124 cm³/mol. The van der Waals surface area contributed by atoms with Crippen LogP contribution in [0, 0.1) is 6.92 Å². The first-order valence-corrected chi connectivity index (χ1v) is 11.0. The second-order valence-electron chi connectivity index (χ2n) is 8.27. The van der Waals surface area contributed by atoms with Gasteiger partial charge in [-0.3, -0.25) is 4.90 Å². The van der Waals surface area contributed by atoms with Crippen LogP contribution >= 0.6 is 0 Å². The van der Waals surface area contributed by atoms with Crippen molar-refractivity contribution in [2.24, 2.45) is 0 Å². The van der Waals surface area contributed by atoms with Crippen molar-refractivity contribution in [3.8, 4) is 0 Å². The summed E-state index contributed by atoms with van der Waals surface area (Å²) in [7, 11) is 0. The van der Waals surface area contributed by atoms with Crippen LogP contribution in [-0.4, -0.2) is 30.2 Å². The smallest absolute Gasteiger partial charge is 0.408 e. The number of likely N-dealkylation sites (tertiary alicyclic amines) is 1. The summed E-state index contributed by atoms with van der Waals surface area (Å²) in [6.45, 7) is 4.95. The van der Waals surface area contributed by atoms with Crippen molar-refractivity contribution in [1.82, 2.24) is 10.2 Å². The van der Waals surface area contributed by atoms with Crippen molar-refractivity contribution >= 4 is 6.09 Å². The molecule has 31 heavy (non-hydrogen) atoms. The molecule has 0 spiro atoms. The van der Waals surface area contributed by atoms with E-state index in [1.807, 2.05) is 60.7 Å². The Kier molecular flexibility index (Phi) is 7.00. The summed E-state index contributed by atoms with van der Waals surface area (Å²) in [5.41, 5.74) is 4.71. The lowest BCUT2D eigenvalue weighted by atomic mass is 9.99. The van der Waals surface area contributed by atoms with Gasteiger partial charge in [-0.05, 0) is 36.5 Å². The predicted octanol–water partition coefficient (Wildman–Crippen LogP) is 5.48. The Labute approximate surface area is 184 Å². The zero-order valence-corrected chi connectivity index (χ0v) is 18.0. The standard InChI is InChI=1S/C27H30N2O2/c1-21-9-8-10-22(19-21)20-29-17-15-25(16-18-29)31-27(30)28-26(23-11-4-2-5-12-23)24-13-6-3-7-14-24/h2-14,19,25-26H,15-18,20H2,1H3,(H,28,30). The first kappa shape index (κ1) is 21.1. The van der Waals surface area contributed by atoms with Gasteiger partial charge in [-0.15, -0.1) is 0 Å². The van der Waals surface area contributed by atoms with E-state index in [-0.39, 0.29) is 18.2 Å². The number of nitrogens with one attached hydrogen (secondary N) is 1. The van der Waals surface area contributed by atoms with E-state index >= 15 is 0 Å². The lowest BCUT2D eigenvalue weighted by molar-refractivity contribution is 0.0476. The number of aryl methyl sites for hydroxylation is 1. The molecule has 0 saturated carbocycles. The summed E-state index contributed by atoms with van der Waals surface area (Å²) in [4.78, 5) is 15.2. The number of ether oxygens (including phenoxy) is 1. The van der Waals surface area contributed by atoms with Crippen LogP contribution in [0.1, 0.15) is 41.1 Å². The van der Waals surface area contributed by atoms with Crippen molar-refractivity contribution in [3.63, 3.8) is 0 Å². The van der Waals surface area contributed by atoms with E-state index in [1.54, 1.807) is 0 Å². The molecular weight excluding hydrogens is 384 g/mol. The molecule has 1 saturated heterocycles.